The second-order valence-electron chi connectivity index (χ2n) is 6.37. The van der Waals surface area contributed by atoms with Crippen LogP contribution >= 0.6 is 11.6 Å². The molecule has 0 spiro atoms. The number of halogens is 1. The number of benzene rings is 1. The first-order valence-corrected chi connectivity index (χ1v) is 9.49. The normalized spacial score (nSPS) is 17.1. The van der Waals surface area contributed by atoms with Crippen LogP contribution < -0.4 is 10.1 Å². The van der Waals surface area contributed by atoms with Gasteiger partial charge in [-0.2, -0.15) is 0 Å². The molecule has 4 nitrogen and oxygen atoms in total. The minimum Gasteiger partial charge on any atom is -0.481 e. The molecule has 1 saturated heterocycles. The minimum absolute atomic E-state index is 0.0478. The van der Waals surface area contributed by atoms with E-state index in [1.165, 1.54) is 38.8 Å². The third-order valence-corrected chi connectivity index (χ3v) is 4.62. The van der Waals surface area contributed by atoms with Crippen LogP contribution in [-0.2, 0) is 4.79 Å². The fraction of sp³-hybridized carbons (Fsp3) is 0.632. The molecule has 1 aliphatic rings. The van der Waals surface area contributed by atoms with Gasteiger partial charge in [-0.15, -0.1) is 0 Å². The van der Waals surface area contributed by atoms with Crippen molar-refractivity contribution in [3.63, 3.8) is 0 Å². The van der Waals surface area contributed by atoms with Crippen LogP contribution in [0.3, 0.4) is 0 Å². The van der Waals surface area contributed by atoms with Gasteiger partial charge in [0.05, 0.1) is 0 Å². The number of nitrogens with zero attached hydrogens (tertiary/aromatic N) is 1. The van der Waals surface area contributed by atoms with Crippen LogP contribution in [0.1, 0.15) is 45.4 Å². The van der Waals surface area contributed by atoms with Crippen LogP contribution in [0, 0.1) is 0 Å². The molecule has 1 aromatic rings. The number of hydrogen-bond acceptors (Lipinski definition) is 3. The Bertz CT molecular complexity index is 502. The molecule has 1 aromatic carbocycles. The number of hydrogen-bond donors (Lipinski definition) is 1. The van der Waals surface area contributed by atoms with Crippen molar-refractivity contribution in [2.24, 2.45) is 0 Å². The third kappa shape index (κ3) is 6.70. The highest BCUT2D eigenvalue weighted by molar-refractivity contribution is 6.30. The molecule has 1 amide bonds. The van der Waals surface area contributed by atoms with E-state index in [4.69, 9.17) is 16.3 Å². The minimum atomic E-state index is -0.471. The molecule has 1 N–H and O–H groups in total. The van der Waals surface area contributed by atoms with E-state index >= 15 is 0 Å². The lowest BCUT2D eigenvalue weighted by Crippen LogP contribution is -2.39. The van der Waals surface area contributed by atoms with E-state index in [9.17, 15) is 4.79 Å². The van der Waals surface area contributed by atoms with Crippen molar-refractivity contribution in [1.82, 2.24) is 10.2 Å². The maximum atomic E-state index is 12.3. The molecule has 0 bridgehead atoms. The summed E-state index contributed by atoms with van der Waals surface area (Å²) in [6.45, 7) is 6.11. The molecule has 0 radical (unpaired) electrons. The third-order valence-electron chi connectivity index (χ3n) is 4.39. The number of nitrogens with one attached hydrogen (secondary N) is 1. The Morgan fingerprint density at radius 1 is 1.29 bits per heavy atom. The summed E-state index contributed by atoms with van der Waals surface area (Å²) in [6, 6.07) is 7.17. The molecular weight excluding hydrogens is 324 g/mol. The first-order valence-electron chi connectivity index (χ1n) is 9.11. The Hall–Kier alpha value is -1.26. The number of carbonyl (C=O) groups is 1. The van der Waals surface area contributed by atoms with Gasteiger partial charge in [0, 0.05) is 11.6 Å². The number of carbonyl (C=O) groups excluding carboxylic acids is 1. The van der Waals surface area contributed by atoms with E-state index in [0.29, 0.717) is 23.7 Å². The van der Waals surface area contributed by atoms with Crippen LogP contribution in [0.2, 0.25) is 5.02 Å². The van der Waals surface area contributed by atoms with Crippen molar-refractivity contribution in [3.8, 4) is 5.75 Å². The fourth-order valence-electron chi connectivity index (χ4n) is 3.01. The predicted octanol–water partition coefficient (Wildman–Crippen LogP) is 3.88. The summed E-state index contributed by atoms with van der Waals surface area (Å²) in [5.74, 6) is 0.586. The molecule has 2 rings (SSSR count). The Balaban J connectivity index is 1.69. The Kier molecular flexibility index (Phi) is 8.40. The van der Waals surface area contributed by atoms with E-state index in [1.807, 2.05) is 19.1 Å². The molecule has 1 aliphatic heterocycles. The lowest BCUT2D eigenvalue weighted by atomic mass is 10.2. The van der Waals surface area contributed by atoms with Gasteiger partial charge in [-0.1, -0.05) is 37.4 Å². The Morgan fingerprint density at radius 2 is 2.04 bits per heavy atom. The van der Waals surface area contributed by atoms with Gasteiger partial charge >= 0.3 is 0 Å². The molecule has 5 heteroatoms. The average Bonchev–Trinajstić information content (AvgIpc) is 2.85. The molecule has 1 atom stereocenters. The smallest absolute Gasteiger partial charge is 0.261 e. The maximum Gasteiger partial charge on any atom is 0.261 e. The summed E-state index contributed by atoms with van der Waals surface area (Å²) in [5, 5.41) is 3.61. The van der Waals surface area contributed by atoms with Crippen LogP contribution in [0.5, 0.6) is 5.75 Å². The van der Waals surface area contributed by atoms with Crippen molar-refractivity contribution in [3.05, 3.63) is 29.3 Å². The summed E-state index contributed by atoms with van der Waals surface area (Å²) in [4.78, 5) is 14.8. The largest absolute Gasteiger partial charge is 0.481 e. The number of rotatable bonds is 8. The molecule has 0 aliphatic carbocycles. The SMILES string of the molecule is CC[C@H](Oc1cccc(Cl)c1)C(=O)NCCCN1CCCCCC1. The zero-order valence-corrected chi connectivity index (χ0v) is 15.4. The van der Waals surface area contributed by atoms with Gasteiger partial charge < -0.3 is 15.0 Å². The predicted molar refractivity (Wildman–Crippen MR) is 98.7 cm³/mol. The summed E-state index contributed by atoms with van der Waals surface area (Å²) in [5.41, 5.74) is 0. The summed E-state index contributed by atoms with van der Waals surface area (Å²) in [6.07, 6.45) is 6.46. The molecule has 0 saturated carbocycles. The zero-order valence-electron chi connectivity index (χ0n) is 14.6. The van der Waals surface area contributed by atoms with Crippen LogP contribution in [0.15, 0.2) is 24.3 Å². The maximum absolute atomic E-state index is 12.3. The monoisotopic (exact) mass is 352 g/mol. The van der Waals surface area contributed by atoms with E-state index in [1.54, 1.807) is 12.1 Å². The lowest BCUT2D eigenvalue weighted by Gasteiger charge is -2.20. The van der Waals surface area contributed by atoms with Gasteiger partial charge in [0.15, 0.2) is 6.10 Å². The van der Waals surface area contributed by atoms with Gasteiger partial charge in [-0.05, 0) is 63.5 Å². The highest BCUT2D eigenvalue weighted by Gasteiger charge is 2.18. The molecule has 24 heavy (non-hydrogen) atoms. The summed E-state index contributed by atoms with van der Waals surface area (Å²) >= 11 is 5.95. The summed E-state index contributed by atoms with van der Waals surface area (Å²) < 4.78 is 5.76. The summed E-state index contributed by atoms with van der Waals surface area (Å²) in [7, 11) is 0. The van der Waals surface area contributed by atoms with Gasteiger partial charge in [-0.3, -0.25) is 4.79 Å². The molecule has 1 heterocycles. The van der Waals surface area contributed by atoms with Crippen molar-refractivity contribution in [1.29, 1.82) is 0 Å². The van der Waals surface area contributed by atoms with Crippen molar-refractivity contribution in [2.75, 3.05) is 26.2 Å². The second kappa shape index (κ2) is 10.6. The highest BCUT2D eigenvalue weighted by atomic mass is 35.5. The molecule has 1 fully saturated rings. The Labute approximate surface area is 150 Å². The van der Waals surface area contributed by atoms with Gasteiger partial charge in [-0.25, -0.2) is 0 Å². The van der Waals surface area contributed by atoms with Crippen LogP contribution in [0.4, 0.5) is 0 Å². The van der Waals surface area contributed by atoms with Crippen molar-refractivity contribution in [2.45, 2.75) is 51.6 Å². The lowest BCUT2D eigenvalue weighted by molar-refractivity contribution is -0.128. The van der Waals surface area contributed by atoms with E-state index < -0.39 is 6.10 Å². The van der Waals surface area contributed by atoms with E-state index in [2.05, 4.69) is 10.2 Å². The topological polar surface area (TPSA) is 41.6 Å². The fourth-order valence-corrected chi connectivity index (χ4v) is 3.19. The molecule has 134 valence electrons. The van der Waals surface area contributed by atoms with Crippen LogP contribution in [-0.4, -0.2) is 43.1 Å². The first-order chi connectivity index (χ1) is 11.7. The van der Waals surface area contributed by atoms with Crippen molar-refractivity contribution < 1.29 is 9.53 Å². The standard InChI is InChI=1S/C19H29ClN2O2/c1-2-18(24-17-10-7-9-16(20)15-17)19(23)21-11-8-14-22-12-5-3-4-6-13-22/h7,9-10,15,18H,2-6,8,11-14H2,1H3,(H,21,23)/t18-/m0/s1. The Morgan fingerprint density at radius 3 is 2.71 bits per heavy atom. The van der Waals surface area contributed by atoms with Crippen molar-refractivity contribution >= 4 is 17.5 Å². The van der Waals surface area contributed by atoms with Gasteiger partial charge in [0.2, 0.25) is 0 Å². The average molecular weight is 353 g/mol. The van der Waals surface area contributed by atoms with Crippen LogP contribution in [0.25, 0.3) is 0 Å². The number of amides is 1. The van der Waals surface area contributed by atoms with Gasteiger partial charge in [0.1, 0.15) is 5.75 Å². The van der Waals surface area contributed by atoms with E-state index in [-0.39, 0.29) is 5.91 Å². The molecule has 0 unspecified atom stereocenters. The zero-order chi connectivity index (χ0) is 17.2. The number of ether oxygens (including phenoxy) is 1. The van der Waals surface area contributed by atoms with E-state index in [0.717, 1.165) is 13.0 Å². The highest BCUT2D eigenvalue weighted by Crippen LogP contribution is 2.19. The molecule has 0 aromatic heterocycles. The first kappa shape index (κ1) is 19.1. The second-order valence-corrected chi connectivity index (χ2v) is 6.81. The number of likely N-dealkylation sites (tertiary alicyclic amines) is 1. The van der Waals surface area contributed by atoms with Gasteiger partial charge in [0.25, 0.3) is 5.91 Å². The molecular formula is C19H29ClN2O2. The quantitative estimate of drug-likeness (QED) is 0.722.